The fraction of sp³-hybridized carbons (Fsp3) is 0.294. The number of pyridine rings is 1. The zero-order chi connectivity index (χ0) is 18.6. The Hall–Kier alpha value is -2.32. The molecule has 2 atom stereocenters. The molecule has 1 aromatic carbocycles. The summed E-state index contributed by atoms with van der Waals surface area (Å²) in [7, 11) is -3.81. The minimum atomic E-state index is -3.81. The first-order valence-corrected chi connectivity index (χ1v) is 9.11. The van der Waals surface area contributed by atoms with E-state index in [-0.39, 0.29) is 10.8 Å². The molecule has 0 spiro atoms. The van der Waals surface area contributed by atoms with Crippen LogP contribution in [0.5, 0.6) is 0 Å². The number of halogens is 1. The molecular formula is C17H18FN3O3S. The number of carbonyl (C=O) groups is 1. The van der Waals surface area contributed by atoms with Gasteiger partial charge >= 0.3 is 0 Å². The number of primary amides is 1. The van der Waals surface area contributed by atoms with Gasteiger partial charge in [0.15, 0.2) is 0 Å². The van der Waals surface area contributed by atoms with Gasteiger partial charge in [-0.1, -0.05) is 26.0 Å². The first-order valence-electron chi connectivity index (χ1n) is 7.56. The van der Waals surface area contributed by atoms with Crippen molar-refractivity contribution in [2.45, 2.75) is 30.1 Å². The van der Waals surface area contributed by atoms with Gasteiger partial charge in [-0.2, -0.15) is 0 Å². The molecule has 1 aromatic heterocycles. The van der Waals surface area contributed by atoms with Crippen molar-refractivity contribution < 1.29 is 17.6 Å². The van der Waals surface area contributed by atoms with Crippen LogP contribution >= 0.6 is 0 Å². The number of benzene rings is 1. The van der Waals surface area contributed by atoms with Crippen molar-refractivity contribution in [3.05, 3.63) is 59.7 Å². The van der Waals surface area contributed by atoms with Crippen LogP contribution in [0.15, 0.2) is 47.6 Å². The Kier molecular flexibility index (Phi) is 3.74. The molecule has 2 aromatic rings. The van der Waals surface area contributed by atoms with Crippen LogP contribution in [0.4, 0.5) is 4.39 Å². The van der Waals surface area contributed by atoms with E-state index < -0.39 is 32.6 Å². The Balaban J connectivity index is 2.12. The molecular weight excluding hydrogens is 345 g/mol. The Morgan fingerprint density at radius 1 is 1.20 bits per heavy atom. The largest absolute Gasteiger partial charge is 0.369 e. The number of nitrogens with zero attached hydrogens (tertiary/aromatic N) is 1. The molecule has 0 aliphatic heterocycles. The first-order chi connectivity index (χ1) is 11.5. The summed E-state index contributed by atoms with van der Waals surface area (Å²) in [4.78, 5) is 16.2. The molecule has 3 rings (SSSR count). The quantitative estimate of drug-likeness (QED) is 0.854. The third-order valence-corrected chi connectivity index (χ3v) is 6.11. The normalized spacial score (nSPS) is 24.7. The number of amides is 1. The van der Waals surface area contributed by atoms with Gasteiger partial charge in [0.05, 0.1) is 16.5 Å². The zero-order valence-electron chi connectivity index (χ0n) is 13.7. The molecule has 132 valence electrons. The Bertz CT molecular complexity index is 957. The zero-order valence-corrected chi connectivity index (χ0v) is 14.5. The van der Waals surface area contributed by atoms with Crippen molar-refractivity contribution in [1.29, 1.82) is 0 Å². The van der Waals surface area contributed by atoms with Gasteiger partial charge in [-0.25, -0.2) is 17.9 Å². The highest BCUT2D eigenvalue weighted by atomic mass is 32.2. The molecule has 4 N–H and O–H groups in total. The number of carbonyl (C=O) groups excluding carboxylic acids is 1. The van der Waals surface area contributed by atoms with Gasteiger partial charge in [0, 0.05) is 12.1 Å². The standard InChI is InChI=1S/C17H18FN3O3S/c1-16(2)14(10-3-5-13(6-4-10)25(20,23)24)17(16,15(19)22)11-7-12(18)9-21-8-11/h3-9,14H,1-2H3,(H2,19,22)(H2,20,23,24). The lowest BCUT2D eigenvalue weighted by Crippen LogP contribution is -2.33. The smallest absolute Gasteiger partial charge is 0.238 e. The molecule has 6 nitrogen and oxygen atoms in total. The summed E-state index contributed by atoms with van der Waals surface area (Å²) in [6, 6.07) is 7.23. The molecule has 1 aliphatic carbocycles. The number of sulfonamides is 1. The lowest BCUT2D eigenvalue weighted by molar-refractivity contribution is -0.121. The van der Waals surface area contributed by atoms with Crippen molar-refractivity contribution in [2.75, 3.05) is 0 Å². The van der Waals surface area contributed by atoms with Gasteiger partial charge < -0.3 is 5.73 Å². The molecule has 0 saturated heterocycles. The van der Waals surface area contributed by atoms with Crippen molar-refractivity contribution in [3.8, 4) is 0 Å². The number of hydrogen-bond donors (Lipinski definition) is 2. The third-order valence-electron chi connectivity index (χ3n) is 5.18. The fourth-order valence-electron chi connectivity index (χ4n) is 4.05. The number of nitrogens with two attached hydrogens (primary N) is 2. The van der Waals surface area contributed by atoms with Gasteiger partial charge in [-0.05, 0) is 34.7 Å². The average Bonchev–Trinajstić information content (AvgIpc) is 3.04. The van der Waals surface area contributed by atoms with Gasteiger partial charge in [0.25, 0.3) is 0 Å². The number of aromatic nitrogens is 1. The van der Waals surface area contributed by atoms with Crippen molar-refractivity contribution in [3.63, 3.8) is 0 Å². The van der Waals surface area contributed by atoms with Crippen molar-refractivity contribution in [1.82, 2.24) is 4.98 Å². The molecule has 1 aliphatic rings. The number of rotatable bonds is 4. The van der Waals surface area contributed by atoms with Crippen LogP contribution in [-0.2, 0) is 20.2 Å². The second-order valence-corrected chi connectivity index (χ2v) is 8.39. The van der Waals surface area contributed by atoms with Crippen molar-refractivity contribution >= 4 is 15.9 Å². The maximum atomic E-state index is 13.7. The molecule has 1 fully saturated rings. The number of primary sulfonamides is 1. The summed E-state index contributed by atoms with van der Waals surface area (Å²) in [5.41, 5.74) is 5.14. The van der Waals surface area contributed by atoms with E-state index in [9.17, 15) is 17.6 Å². The van der Waals surface area contributed by atoms with E-state index in [0.717, 1.165) is 11.8 Å². The highest BCUT2D eigenvalue weighted by Gasteiger charge is 2.76. The first kappa shape index (κ1) is 17.5. The van der Waals surface area contributed by atoms with E-state index in [0.29, 0.717) is 5.56 Å². The molecule has 8 heteroatoms. The van der Waals surface area contributed by atoms with Crippen LogP contribution < -0.4 is 10.9 Å². The predicted molar refractivity (Wildman–Crippen MR) is 89.4 cm³/mol. The number of hydrogen-bond acceptors (Lipinski definition) is 4. The highest BCUT2D eigenvalue weighted by molar-refractivity contribution is 7.89. The minimum absolute atomic E-state index is 0.0215. The van der Waals surface area contributed by atoms with Crippen LogP contribution in [0.25, 0.3) is 0 Å². The molecule has 2 unspecified atom stereocenters. The summed E-state index contributed by atoms with van der Waals surface area (Å²) in [6.45, 7) is 3.72. The van der Waals surface area contributed by atoms with E-state index in [4.69, 9.17) is 10.9 Å². The third kappa shape index (κ3) is 2.44. The predicted octanol–water partition coefficient (Wildman–Crippen LogP) is 1.41. The Labute approximate surface area is 145 Å². The Morgan fingerprint density at radius 2 is 1.80 bits per heavy atom. The molecule has 1 amide bonds. The summed E-state index contributed by atoms with van der Waals surface area (Å²) < 4.78 is 36.5. The van der Waals surface area contributed by atoms with Crippen LogP contribution in [0, 0.1) is 11.2 Å². The fourth-order valence-corrected chi connectivity index (χ4v) is 4.56. The van der Waals surface area contributed by atoms with E-state index in [1.807, 2.05) is 13.8 Å². The molecule has 0 bridgehead atoms. The van der Waals surface area contributed by atoms with Crippen LogP contribution in [0.1, 0.15) is 30.9 Å². The van der Waals surface area contributed by atoms with Gasteiger partial charge in [0.1, 0.15) is 5.82 Å². The monoisotopic (exact) mass is 363 g/mol. The maximum absolute atomic E-state index is 13.7. The topological polar surface area (TPSA) is 116 Å². The molecule has 1 heterocycles. The molecule has 1 saturated carbocycles. The van der Waals surface area contributed by atoms with E-state index in [1.165, 1.54) is 24.4 Å². The average molecular weight is 363 g/mol. The Morgan fingerprint density at radius 3 is 2.28 bits per heavy atom. The van der Waals surface area contributed by atoms with E-state index in [2.05, 4.69) is 4.98 Å². The molecule has 25 heavy (non-hydrogen) atoms. The van der Waals surface area contributed by atoms with E-state index >= 15 is 0 Å². The lowest BCUT2D eigenvalue weighted by Gasteiger charge is -2.17. The van der Waals surface area contributed by atoms with Crippen LogP contribution in [-0.4, -0.2) is 19.3 Å². The summed E-state index contributed by atoms with van der Waals surface area (Å²) in [5, 5.41) is 5.11. The summed E-state index contributed by atoms with van der Waals surface area (Å²) in [5.74, 6) is -1.47. The van der Waals surface area contributed by atoms with Crippen LogP contribution in [0.3, 0.4) is 0 Å². The summed E-state index contributed by atoms with van der Waals surface area (Å²) >= 11 is 0. The lowest BCUT2D eigenvalue weighted by atomic mass is 9.87. The maximum Gasteiger partial charge on any atom is 0.238 e. The SMILES string of the molecule is CC1(C)C(c2ccc(S(N)(=O)=O)cc2)C1(C(N)=O)c1cncc(F)c1. The second kappa shape index (κ2) is 5.34. The minimum Gasteiger partial charge on any atom is -0.369 e. The summed E-state index contributed by atoms with van der Waals surface area (Å²) in [6.07, 6.45) is 2.50. The van der Waals surface area contributed by atoms with E-state index in [1.54, 1.807) is 12.1 Å². The van der Waals surface area contributed by atoms with Gasteiger partial charge in [0.2, 0.25) is 15.9 Å². The van der Waals surface area contributed by atoms with Gasteiger partial charge in [-0.3, -0.25) is 9.78 Å². The molecule has 0 radical (unpaired) electrons. The highest BCUT2D eigenvalue weighted by Crippen LogP contribution is 2.74. The van der Waals surface area contributed by atoms with Crippen molar-refractivity contribution in [2.24, 2.45) is 16.3 Å². The second-order valence-electron chi connectivity index (χ2n) is 6.83. The van der Waals surface area contributed by atoms with Gasteiger partial charge in [-0.15, -0.1) is 0 Å². The van der Waals surface area contributed by atoms with Crippen LogP contribution in [0.2, 0.25) is 0 Å².